The largest absolute Gasteiger partial charge is 0.481 e. The highest BCUT2D eigenvalue weighted by Crippen LogP contribution is 2.37. The third-order valence-electron chi connectivity index (χ3n) is 3.99. The molecule has 1 heterocycles. The summed E-state index contributed by atoms with van der Waals surface area (Å²) >= 11 is 0. The monoisotopic (exact) mass is 262 g/mol. The van der Waals surface area contributed by atoms with Gasteiger partial charge in [-0.05, 0) is 29.9 Å². The fourth-order valence-electron chi connectivity index (χ4n) is 2.60. The molecule has 1 aromatic rings. The van der Waals surface area contributed by atoms with E-state index in [1.54, 1.807) is 0 Å². The molecule has 0 unspecified atom stereocenters. The summed E-state index contributed by atoms with van der Waals surface area (Å²) in [5, 5.41) is 8.74. The smallest absolute Gasteiger partial charge is 0.303 e. The van der Waals surface area contributed by atoms with Crippen molar-refractivity contribution >= 4 is 5.97 Å². The standard InChI is InChI=1S/C16H22O3/c1-12(2)13-5-7-14(8-6-13)16(10-19-11-16)9-3-4-15(17)18/h5-8,12H,3-4,9-11H2,1-2H3,(H,17,18). The van der Waals surface area contributed by atoms with Crippen molar-refractivity contribution in [3.63, 3.8) is 0 Å². The lowest BCUT2D eigenvalue weighted by Gasteiger charge is -2.42. The maximum absolute atomic E-state index is 10.6. The molecule has 2 rings (SSSR count). The Morgan fingerprint density at radius 2 is 1.95 bits per heavy atom. The lowest BCUT2D eigenvalue weighted by molar-refractivity contribution is -0.137. The first kappa shape index (κ1) is 14.1. The van der Waals surface area contributed by atoms with Crippen molar-refractivity contribution in [2.24, 2.45) is 0 Å². The van der Waals surface area contributed by atoms with Crippen LogP contribution in [-0.4, -0.2) is 24.3 Å². The van der Waals surface area contributed by atoms with E-state index in [1.165, 1.54) is 11.1 Å². The van der Waals surface area contributed by atoms with E-state index in [0.29, 0.717) is 25.6 Å². The van der Waals surface area contributed by atoms with Crippen molar-refractivity contribution in [1.82, 2.24) is 0 Å². The molecule has 0 saturated carbocycles. The number of hydrogen-bond acceptors (Lipinski definition) is 2. The number of hydrogen-bond donors (Lipinski definition) is 1. The number of carboxylic acids is 1. The van der Waals surface area contributed by atoms with Gasteiger partial charge < -0.3 is 9.84 Å². The van der Waals surface area contributed by atoms with E-state index >= 15 is 0 Å². The minimum absolute atomic E-state index is 0.0466. The first-order valence-electron chi connectivity index (χ1n) is 6.93. The highest BCUT2D eigenvalue weighted by molar-refractivity contribution is 5.66. The molecular formula is C16H22O3. The van der Waals surface area contributed by atoms with Crippen LogP contribution < -0.4 is 0 Å². The second-order valence-corrected chi connectivity index (χ2v) is 5.80. The van der Waals surface area contributed by atoms with Gasteiger partial charge >= 0.3 is 5.97 Å². The molecule has 3 heteroatoms. The summed E-state index contributed by atoms with van der Waals surface area (Å²) in [5.74, 6) is -0.180. The summed E-state index contributed by atoms with van der Waals surface area (Å²) in [7, 11) is 0. The number of carboxylic acid groups (broad SMARTS) is 1. The Labute approximate surface area is 114 Å². The molecule has 1 aromatic carbocycles. The highest BCUT2D eigenvalue weighted by atomic mass is 16.5. The Hall–Kier alpha value is -1.35. The van der Waals surface area contributed by atoms with Crippen molar-refractivity contribution in [3.05, 3.63) is 35.4 Å². The quantitative estimate of drug-likeness (QED) is 0.855. The molecule has 1 N–H and O–H groups in total. The van der Waals surface area contributed by atoms with Crippen LogP contribution in [0.25, 0.3) is 0 Å². The molecule has 0 atom stereocenters. The molecule has 0 aromatic heterocycles. The van der Waals surface area contributed by atoms with Crippen molar-refractivity contribution in [3.8, 4) is 0 Å². The first-order chi connectivity index (χ1) is 9.03. The van der Waals surface area contributed by atoms with E-state index in [-0.39, 0.29) is 11.8 Å². The van der Waals surface area contributed by atoms with Gasteiger partial charge in [-0.3, -0.25) is 4.79 Å². The number of carbonyl (C=O) groups is 1. The molecule has 1 aliphatic rings. The number of aliphatic carboxylic acids is 1. The Balaban J connectivity index is 2.05. The predicted octanol–water partition coefficient (Wildman–Crippen LogP) is 3.33. The van der Waals surface area contributed by atoms with Crippen LogP contribution in [0.1, 0.15) is 50.2 Å². The molecule has 19 heavy (non-hydrogen) atoms. The van der Waals surface area contributed by atoms with Gasteiger partial charge in [0.05, 0.1) is 13.2 Å². The molecule has 104 valence electrons. The molecule has 0 aliphatic carbocycles. The van der Waals surface area contributed by atoms with Gasteiger partial charge in [-0.15, -0.1) is 0 Å². The zero-order valence-corrected chi connectivity index (χ0v) is 11.7. The van der Waals surface area contributed by atoms with E-state index in [4.69, 9.17) is 9.84 Å². The topological polar surface area (TPSA) is 46.5 Å². The second kappa shape index (κ2) is 5.74. The minimum Gasteiger partial charge on any atom is -0.481 e. The molecular weight excluding hydrogens is 240 g/mol. The zero-order valence-electron chi connectivity index (χ0n) is 11.7. The van der Waals surface area contributed by atoms with Gasteiger partial charge in [-0.2, -0.15) is 0 Å². The van der Waals surface area contributed by atoms with Crippen LogP contribution in [0.4, 0.5) is 0 Å². The number of rotatable bonds is 6. The van der Waals surface area contributed by atoms with E-state index in [9.17, 15) is 4.79 Å². The van der Waals surface area contributed by atoms with E-state index in [0.717, 1.165) is 6.42 Å². The van der Waals surface area contributed by atoms with Crippen molar-refractivity contribution in [2.45, 2.75) is 44.4 Å². The SMILES string of the molecule is CC(C)c1ccc(C2(CCCC(=O)O)COC2)cc1. The van der Waals surface area contributed by atoms with Crippen molar-refractivity contribution in [2.75, 3.05) is 13.2 Å². The van der Waals surface area contributed by atoms with Crippen LogP contribution in [0.15, 0.2) is 24.3 Å². The van der Waals surface area contributed by atoms with Gasteiger partial charge in [0.15, 0.2) is 0 Å². The number of benzene rings is 1. The van der Waals surface area contributed by atoms with Gasteiger partial charge in [0.1, 0.15) is 0 Å². The minimum atomic E-state index is -0.717. The number of ether oxygens (including phenoxy) is 1. The average Bonchev–Trinajstić information content (AvgIpc) is 2.32. The molecule has 1 saturated heterocycles. The maximum Gasteiger partial charge on any atom is 0.303 e. The van der Waals surface area contributed by atoms with E-state index in [2.05, 4.69) is 38.1 Å². The lowest BCUT2D eigenvalue weighted by atomic mass is 9.74. The van der Waals surface area contributed by atoms with E-state index in [1.807, 2.05) is 0 Å². The molecule has 0 radical (unpaired) electrons. The average molecular weight is 262 g/mol. The van der Waals surface area contributed by atoms with Gasteiger partial charge in [0.25, 0.3) is 0 Å². The third kappa shape index (κ3) is 3.16. The molecule has 3 nitrogen and oxygen atoms in total. The van der Waals surface area contributed by atoms with Gasteiger partial charge in [-0.25, -0.2) is 0 Å². The van der Waals surface area contributed by atoms with Crippen molar-refractivity contribution in [1.29, 1.82) is 0 Å². The summed E-state index contributed by atoms with van der Waals surface area (Å²) in [6.45, 7) is 5.80. The van der Waals surface area contributed by atoms with Crippen LogP contribution >= 0.6 is 0 Å². The fraction of sp³-hybridized carbons (Fsp3) is 0.562. The fourth-order valence-corrected chi connectivity index (χ4v) is 2.60. The van der Waals surface area contributed by atoms with E-state index < -0.39 is 5.97 Å². The Morgan fingerprint density at radius 3 is 2.37 bits per heavy atom. The Bertz CT molecular complexity index is 430. The molecule has 0 spiro atoms. The summed E-state index contributed by atoms with van der Waals surface area (Å²) in [5.41, 5.74) is 2.67. The van der Waals surface area contributed by atoms with Crippen LogP contribution in [0.2, 0.25) is 0 Å². The van der Waals surface area contributed by atoms with Crippen LogP contribution in [-0.2, 0) is 14.9 Å². The predicted molar refractivity (Wildman–Crippen MR) is 74.5 cm³/mol. The van der Waals surface area contributed by atoms with Gasteiger partial charge in [-0.1, -0.05) is 38.1 Å². The lowest BCUT2D eigenvalue weighted by Crippen LogP contribution is -2.46. The summed E-state index contributed by atoms with van der Waals surface area (Å²) in [6.07, 6.45) is 1.84. The highest BCUT2D eigenvalue weighted by Gasteiger charge is 2.39. The maximum atomic E-state index is 10.6. The molecule has 0 amide bonds. The third-order valence-corrected chi connectivity index (χ3v) is 3.99. The molecule has 1 fully saturated rings. The zero-order chi connectivity index (χ0) is 13.9. The normalized spacial score (nSPS) is 17.2. The second-order valence-electron chi connectivity index (χ2n) is 5.80. The first-order valence-corrected chi connectivity index (χ1v) is 6.93. The molecule has 1 aliphatic heterocycles. The Morgan fingerprint density at radius 1 is 1.32 bits per heavy atom. The van der Waals surface area contributed by atoms with Crippen LogP contribution in [0, 0.1) is 0 Å². The van der Waals surface area contributed by atoms with Gasteiger partial charge in [0, 0.05) is 11.8 Å². The van der Waals surface area contributed by atoms with Gasteiger partial charge in [0.2, 0.25) is 0 Å². The van der Waals surface area contributed by atoms with Crippen LogP contribution in [0.5, 0.6) is 0 Å². The summed E-state index contributed by atoms with van der Waals surface area (Å²) in [4.78, 5) is 10.6. The van der Waals surface area contributed by atoms with Crippen molar-refractivity contribution < 1.29 is 14.6 Å². The summed E-state index contributed by atoms with van der Waals surface area (Å²) < 4.78 is 5.38. The van der Waals surface area contributed by atoms with Crippen LogP contribution in [0.3, 0.4) is 0 Å². The summed E-state index contributed by atoms with van der Waals surface area (Å²) in [6, 6.07) is 8.71. The molecule has 0 bridgehead atoms. The Kier molecular flexibility index (Phi) is 4.25.